The van der Waals surface area contributed by atoms with Crippen LogP contribution in [0.1, 0.15) is 19.4 Å². The Balaban J connectivity index is 1.75. The molecule has 0 saturated carbocycles. The highest BCUT2D eigenvalue weighted by atomic mass is 32.1. The summed E-state index contributed by atoms with van der Waals surface area (Å²) < 4.78 is 10.9. The van der Waals surface area contributed by atoms with Gasteiger partial charge in [-0.3, -0.25) is 0 Å². The zero-order chi connectivity index (χ0) is 17.4. The lowest BCUT2D eigenvalue weighted by atomic mass is 10.1. The van der Waals surface area contributed by atoms with Crippen LogP contribution in [-0.2, 0) is 6.42 Å². The molecule has 0 aliphatic rings. The normalized spacial score (nSPS) is 11.5. The van der Waals surface area contributed by atoms with E-state index in [-0.39, 0.29) is 6.04 Å². The molecule has 2 rings (SSSR count). The van der Waals surface area contributed by atoms with Crippen molar-refractivity contribution >= 4 is 23.0 Å². The van der Waals surface area contributed by atoms with Gasteiger partial charge in [0.05, 0.1) is 13.2 Å². The number of hydrogen-bond acceptors (Lipinski definition) is 3. The van der Waals surface area contributed by atoms with Crippen molar-refractivity contribution in [2.75, 3.05) is 19.0 Å². The summed E-state index contributed by atoms with van der Waals surface area (Å²) >= 11 is 5.34. The fourth-order valence-electron chi connectivity index (χ4n) is 2.15. The average Bonchev–Trinajstić information content (AvgIpc) is 2.61. The van der Waals surface area contributed by atoms with E-state index in [0.717, 1.165) is 23.6 Å². The summed E-state index contributed by atoms with van der Waals surface area (Å²) in [6.45, 7) is 4.68. The number of anilines is 1. The average molecular weight is 344 g/mol. The first-order chi connectivity index (χ1) is 11.6. The summed E-state index contributed by atoms with van der Waals surface area (Å²) in [5, 5.41) is 6.99. The van der Waals surface area contributed by atoms with Crippen molar-refractivity contribution in [3.05, 3.63) is 54.1 Å². The molecule has 0 fully saturated rings. The minimum atomic E-state index is 0.0852. The van der Waals surface area contributed by atoms with Crippen molar-refractivity contribution in [1.29, 1.82) is 0 Å². The van der Waals surface area contributed by atoms with Gasteiger partial charge >= 0.3 is 0 Å². The Morgan fingerprint density at radius 3 is 2.25 bits per heavy atom. The predicted molar refractivity (Wildman–Crippen MR) is 103 cm³/mol. The highest BCUT2D eigenvalue weighted by Crippen LogP contribution is 2.17. The maximum absolute atomic E-state index is 5.74. The van der Waals surface area contributed by atoms with Crippen LogP contribution in [0.25, 0.3) is 0 Å². The molecule has 5 heteroatoms. The van der Waals surface area contributed by atoms with Crippen molar-refractivity contribution in [3.8, 4) is 11.5 Å². The van der Waals surface area contributed by atoms with Crippen LogP contribution >= 0.6 is 12.2 Å². The van der Waals surface area contributed by atoms with E-state index < -0.39 is 0 Å². The van der Waals surface area contributed by atoms with E-state index in [1.807, 2.05) is 43.3 Å². The Hall–Kier alpha value is -2.27. The molecule has 0 unspecified atom stereocenters. The first-order valence-corrected chi connectivity index (χ1v) is 8.45. The molecule has 0 amide bonds. The topological polar surface area (TPSA) is 42.5 Å². The van der Waals surface area contributed by atoms with Gasteiger partial charge < -0.3 is 20.1 Å². The van der Waals surface area contributed by atoms with Gasteiger partial charge in [0.2, 0.25) is 0 Å². The van der Waals surface area contributed by atoms with Crippen LogP contribution in [0.4, 0.5) is 5.69 Å². The van der Waals surface area contributed by atoms with E-state index in [1.165, 1.54) is 5.56 Å². The molecule has 0 aliphatic carbocycles. The first kappa shape index (κ1) is 18.1. The molecule has 2 N–H and O–H groups in total. The van der Waals surface area contributed by atoms with Gasteiger partial charge in [-0.25, -0.2) is 0 Å². The summed E-state index contributed by atoms with van der Waals surface area (Å²) in [6, 6.07) is 15.9. The van der Waals surface area contributed by atoms with Gasteiger partial charge in [0.25, 0.3) is 0 Å². The van der Waals surface area contributed by atoms with Crippen LogP contribution < -0.4 is 20.1 Å². The van der Waals surface area contributed by atoms with Crippen molar-refractivity contribution in [2.45, 2.75) is 26.3 Å². The van der Waals surface area contributed by atoms with E-state index in [2.05, 4.69) is 29.7 Å². The number of rotatable bonds is 7. The number of methoxy groups -OCH3 is 1. The molecule has 0 saturated heterocycles. The molecule has 24 heavy (non-hydrogen) atoms. The van der Waals surface area contributed by atoms with Crippen molar-refractivity contribution in [2.24, 2.45) is 0 Å². The fraction of sp³-hybridized carbons (Fsp3) is 0.316. The van der Waals surface area contributed by atoms with Crippen molar-refractivity contribution in [3.63, 3.8) is 0 Å². The third kappa shape index (κ3) is 5.74. The highest BCUT2D eigenvalue weighted by molar-refractivity contribution is 7.80. The Morgan fingerprint density at radius 1 is 1.04 bits per heavy atom. The zero-order valence-electron chi connectivity index (χ0n) is 14.3. The van der Waals surface area contributed by atoms with Gasteiger partial charge in [-0.05, 0) is 67.5 Å². The van der Waals surface area contributed by atoms with E-state index in [1.54, 1.807) is 7.11 Å². The van der Waals surface area contributed by atoms with Crippen LogP contribution in [0.15, 0.2) is 48.5 Å². The molecule has 4 nitrogen and oxygen atoms in total. The summed E-state index contributed by atoms with van der Waals surface area (Å²) in [6.07, 6.45) is 1.03. The van der Waals surface area contributed by atoms with Crippen LogP contribution in [0.2, 0.25) is 0 Å². The third-order valence-electron chi connectivity index (χ3n) is 3.56. The Morgan fingerprint density at radius 2 is 1.67 bits per heavy atom. The number of hydrogen-bond donors (Lipinski definition) is 2. The van der Waals surface area contributed by atoms with E-state index in [4.69, 9.17) is 21.7 Å². The third-order valence-corrected chi connectivity index (χ3v) is 3.78. The van der Waals surface area contributed by atoms with E-state index in [0.29, 0.717) is 11.7 Å². The second-order valence-corrected chi connectivity index (χ2v) is 5.94. The maximum Gasteiger partial charge on any atom is 0.171 e. The maximum atomic E-state index is 5.74. The number of thiocarbonyl (C=S) groups is 1. The zero-order valence-corrected chi connectivity index (χ0v) is 15.2. The first-order valence-electron chi connectivity index (χ1n) is 8.04. The molecule has 1 atom stereocenters. The molecule has 0 bridgehead atoms. The van der Waals surface area contributed by atoms with Crippen LogP contribution in [0.5, 0.6) is 11.5 Å². The number of benzene rings is 2. The molecule has 0 aromatic heterocycles. The largest absolute Gasteiger partial charge is 0.497 e. The number of aryl methyl sites for hydroxylation is 1. The Labute approximate surface area is 149 Å². The number of nitrogens with one attached hydrogen (secondary N) is 2. The number of ether oxygens (including phenoxy) is 2. The predicted octanol–water partition coefficient (Wildman–Crippen LogP) is 4.01. The van der Waals surface area contributed by atoms with E-state index >= 15 is 0 Å². The molecule has 0 aliphatic heterocycles. The smallest absolute Gasteiger partial charge is 0.171 e. The lowest BCUT2D eigenvalue weighted by molar-refractivity contribution is 0.286. The molecule has 2 aromatic carbocycles. The van der Waals surface area contributed by atoms with E-state index in [9.17, 15) is 0 Å². The molecule has 0 radical (unpaired) electrons. The monoisotopic (exact) mass is 344 g/mol. The van der Waals surface area contributed by atoms with Gasteiger partial charge in [0, 0.05) is 5.69 Å². The van der Waals surface area contributed by atoms with Crippen LogP contribution in [0, 0.1) is 0 Å². The molecule has 128 valence electrons. The molecule has 0 spiro atoms. The molecule has 0 heterocycles. The summed E-state index contributed by atoms with van der Waals surface area (Å²) in [7, 11) is 1.64. The van der Waals surface area contributed by atoms with Crippen molar-refractivity contribution in [1.82, 2.24) is 5.32 Å². The van der Waals surface area contributed by atoms with Gasteiger partial charge in [0.15, 0.2) is 5.11 Å². The van der Waals surface area contributed by atoms with Gasteiger partial charge in [-0.15, -0.1) is 0 Å². The van der Waals surface area contributed by atoms with Gasteiger partial charge in [-0.1, -0.05) is 19.1 Å². The Kier molecular flexibility index (Phi) is 6.88. The van der Waals surface area contributed by atoms with Crippen LogP contribution in [-0.4, -0.2) is 24.9 Å². The van der Waals surface area contributed by atoms with Gasteiger partial charge in [-0.2, -0.15) is 0 Å². The molecule has 2 aromatic rings. The van der Waals surface area contributed by atoms with Crippen molar-refractivity contribution < 1.29 is 9.47 Å². The van der Waals surface area contributed by atoms with Crippen LogP contribution in [0.3, 0.4) is 0 Å². The summed E-state index contributed by atoms with van der Waals surface area (Å²) in [4.78, 5) is 0. The minimum Gasteiger partial charge on any atom is -0.497 e. The Bertz CT molecular complexity index is 641. The van der Waals surface area contributed by atoms with Gasteiger partial charge in [0.1, 0.15) is 18.1 Å². The quantitative estimate of drug-likeness (QED) is 0.743. The summed E-state index contributed by atoms with van der Waals surface area (Å²) in [5.74, 6) is 1.62. The highest BCUT2D eigenvalue weighted by Gasteiger charge is 2.06. The minimum absolute atomic E-state index is 0.0852. The SMILES string of the molecule is CCc1ccc(NC(=S)N[C@@H](C)COc2ccc(OC)cc2)cc1. The summed E-state index contributed by atoms with van der Waals surface area (Å²) in [5.41, 5.74) is 2.29. The lowest BCUT2D eigenvalue weighted by Gasteiger charge is -2.18. The lowest BCUT2D eigenvalue weighted by Crippen LogP contribution is -2.39. The second kappa shape index (κ2) is 9.13. The standard InChI is InChI=1S/C19H24N2O2S/c1-4-15-5-7-16(8-6-15)21-19(24)20-14(2)13-23-18-11-9-17(22-3)10-12-18/h5-12,14H,4,13H2,1-3H3,(H2,20,21,24)/t14-/m0/s1. The molecular weight excluding hydrogens is 320 g/mol. The molecular formula is C19H24N2O2S. The fourth-order valence-corrected chi connectivity index (χ4v) is 2.47. The second-order valence-electron chi connectivity index (χ2n) is 5.54.